The van der Waals surface area contributed by atoms with Crippen LogP contribution in [0.3, 0.4) is 0 Å². The van der Waals surface area contributed by atoms with Gasteiger partial charge >= 0.3 is 0 Å². The third-order valence-corrected chi connectivity index (χ3v) is 5.81. The zero-order valence-corrected chi connectivity index (χ0v) is 17.0. The number of carbonyl (C=O) groups excluding carboxylic acids is 1. The monoisotopic (exact) mass is 420 g/mol. The Morgan fingerprint density at radius 1 is 1.10 bits per heavy atom. The average molecular weight is 421 g/mol. The molecule has 5 rings (SSSR count). The molecule has 8 heteroatoms. The molecule has 0 saturated carbocycles. The molecule has 7 nitrogen and oxygen atoms in total. The summed E-state index contributed by atoms with van der Waals surface area (Å²) >= 11 is 5.97. The molecule has 0 radical (unpaired) electrons. The highest BCUT2D eigenvalue weighted by atomic mass is 35.5. The highest BCUT2D eigenvalue weighted by Crippen LogP contribution is 2.25. The van der Waals surface area contributed by atoms with Crippen molar-refractivity contribution in [3.8, 4) is 11.3 Å². The fraction of sp³-hybridized carbons (Fsp3) is 0.227. The summed E-state index contributed by atoms with van der Waals surface area (Å²) in [7, 11) is 0. The summed E-state index contributed by atoms with van der Waals surface area (Å²) < 4.78 is 0. The summed E-state index contributed by atoms with van der Waals surface area (Å²) in [6, 6.07) is 15.4. The van der Waals surface area contributed by atoms with Gasteiger partial charge in [-0.3, -0.25) is 9.89 Å². The normalized spacial score (nSPS) is 14.9. The molecule has 0 spiro atoms. The molecule has 0 unspecified atom stereocenters. The Labute approximate surface area is 178 Å². The van der Waals surface area contributed by atoms with Crippen LogP contribution >= 0.6 is 11.6 Å². The van der Waals surface area contributed by atoms with E-state index in [0.29, 0.717) is 10.6 Å². The Morgan fingerprint density at radius 3 is 2.70 bits per heavy atom. The molecule has 1 saturated heterocycles. The van der Waals surface area contributed by atoms with E-state index in [0.717, 1.165) is 54.0 Å². The minimum Gasteiger partial charge on any atom is -0.355 e. The zero-order valence-electron chi connectivity index (χ0n) is 16.2. The van der Waals surface area contributed by atoms with E-state index >= 15 is 0 Å². The van der Waals surface area contributed by atoms with Gasteiger partial charge in [0, 0.05) is 35.8 Å². The van der Waals surface area contributed by atoms with Gasteiger partial charge in [0.05, 0.1) is 23.1 Å². The van der Waals surface area contributed by atoms with Gasteiger partial charge in [-0.05, 0) is 48.7 Å². The number of rotatable bonds is 4. The minimum atomic E-state index is -0.0465. The summed E-state index contributed by atoms with van der Waals surface area (Å²) in [4.78, 5) is 22.1. The fourth-order valence-electron chi connectivity index (χ4n) is 3.85. The molecule has 1 fully saturated rings. The van der Waals surface area contributed by atoms with Crippen LogP contribution in [0.15, 0.2) is 54.9 Å². The van der Waals surface area contributed by atoms with Crippen molar-refractivity contribution in [1.29, 1.82) is 0 Å². The maximum absolute atomic E-state index is 12.6. The summed E-state index contributed by atoms with van der Waals surface area (Å²) in [6.45, 7) is 1.69. The SMILES string of the molecule is O=C(NC1CCN(c2cc(-c3ccc(Cl)cc3)[nH]n2)CC1)c1ccc2nc[nH]c2c1. The lowest BCUT2D eigenvalue weighted by molar-refractivity contribution is 0.0931. The van der Waals surface area contributed by atoms with E-state index < -0.39 is 0 Å². The first-order valence-electron chi connectivity index (χ1n) is 9.96. The number of aromatic nitrogens is 4. The van der Waals surface area contributed by atoms with E-state index in [2.05, 4.69) is 36.4 Å². The summed E-state index contributed by atoms with van der Waals surface area (Å²) in [5.41, 5.74) is 4.39. The highest BCUT2D eigenvalue weighted by molar-refractivity contribution is 6.30. The van der Waals surface area contributed by atoms with Crippen molar-refractivity contribution in [3.63, 3.8) is 0 Å². The van der Waals surface area contributed by atoms with E-state index in [4.69, 9.17) is 11.6 Å². The number of aromatic amines is 2. The molecule has 4 aromatic rings. The van der Waals surface area contributed by atoms with Crippen molar-refractivity contribution in [2.45, 2.75) is 18.9 Å². The Hall–Kier alpha value is -3.32. The number of benzene rings is 2. The molecule has 3 N–H and O–H groups in total. The lowest BCUT2D eigenvalue weighted by Gasteiger charge is -2.32. The first-order valence-corrected chi connectivity index (χ1v) is 10.3. The molecule has 1 aliphatic heterocycles. The highest BCUT2D eigenvalue weighted by Gasteiger charge is 2.23. The van der Waals surface area contributed by atoms with Gasteiger partial charge in [-0.2, -0.15) is 5.10 Å². The van der Waals surface area contributed by atoms with Gasteiger partial charge < -0.3 is 15.2 Å². The molecule has 0 aliphatic carbocycles. The number of halogens is 1. The number of nitrogens with zero attached hydrogens (tertiary/aromatic N) is 3. The third kappa shape index (κ3) is 3.76. The molecule has 2 aromatic heterocycles. The number of imidazole rings is 1. The Balaban J connectivity index is 1.19. The summed E-state index contributed by atoms with van der Waals surface area (Å²) in [6.07, 6.45) is 3.39. The Kier molecular flexibility index (Phi) is 4.88. The van der Waals surface area contributed by atoms with Crippen LogP contribution in [-0.2, 0) is 0 Å². The molecular weight excluding hydrogens is 400 g/mol. The van der Waals surface area contributed by atoms with E-state index in [1.54, 1.807) is 6.33 Å². The van der Waals surface area contributed by atoms with E-state index in [1.807, 2.05) is 42.5 Å². The van der Waals surface area contributed by atoms with Crippen LogP contribution in [0.5, 0.6) is 0 Å². The van der Waals surface area contributed by atoms with Crippen LogP contribution in [0.25, 0.3) is 22.3 Å². The molecule has 2 aromatic carbocycles. The predicted molar refractivity (Wildman–Crippen MR) is 118 cm³/mol. The number of carbonyl (C=O) groups is 1. The van der Waals surface area contributed by atoms with Crippen molar-refractivity contribution < 1.29 is 4.79 Å². The van der Waals surface area contributed by atoms with Crippen LogP contribution in [0.2, 0.25) is 5.02 Å². The van der Waals surface area contributed by atoms with Crippen LogP contribution in [0.4, 0.5) is 5.82 Å². The van der Waals surface area contributed by atoms with Gasteiger partial charge in [-0.1, -0.05) is 23.7 Å². The quantitative estimate of drug-likeness (QED) is 0.465. The number of fused-ring (bicyclic) bond motifs is 1. The van der Waals surface area contributed by atoms with Crippen molar-refractivity contribution in [2.24, 2.45) is 0 Å². The number of H-pyrrole nitrogens is 2. The average Bonchev–Trinajstić information content (AvgIpc) is 3.44. The van der Waals surface area contributed by atoms with Gasteiger partial charge in [-0.15, -0.1) is 0 Å². The van der Waals surface area contributed by atoms with Gasteiger partial charge in [0.2, 0.25) is 0 Å². The second-order valence-corrected chi connectivity index (χ2v) is 7.95. The van der Waals surface area contributed by atoms with E-state index in [9.17, 15) is 4.79 Å². The fourth-order valence-corrected chi connectivity index (χ4v) is 3.97. The molecule has 152 valence electrons. The van der Waals surface area contributed by atoms with Crippen LogP contribution < -0.4 is 10.2 Å². The number of hydrogen-bond donors (Lipinski definition) is 3. The van der Waals surface area contributed by atoms with Crippen molar-refractivity contribution >= 4 is 34.4 Å². The Bertz CT molecular complexity index is 1170. The zero-order chi connectivity index (χ0) is 20.5. The summed E-state index contributed by atoms with van der Waals surface area (Å²) in [5.74, 6) is 0.879. The van der Waals surface area contributed by atoms with Gasteiger partial charge in [0.15, 0.2) is 5.82 Å². The molecule has 1 amide bonds. The maximum atomic E-state index is 12.6. The van der Waals surface area contributed by atoms with Crippen molar-refractivity contribution in [2.75, 3.05) is 18.0 Å². The second-order valence-electron chi connectivity index (χ2n) is 7.52. The summed E-state index contributed by atoms with van der Waals surface area (Å²) in [5, 5.41) is 11.4. The van der Waals surface area contributed by atoms with Gasteiger partial charge in [0.25, 0.3) is 5.91 Å². The number of nitrogens with one attached hydrogen (secondary N) is 3. The molecule has 0 atom stereocenters. The van der Waals surface area contributed by atoms with Crippen molar-refractivity contribution in [3.05, 3.63) is 65.4 Å². The van der Waals surface area contributed by atoms with E-state index in [1.165, 1.54) is 0 Å². The predicted octanol–water partition coefficient (Wildman–Crippen LogP) is 4.01. The molecule has 0 bridgehead atoms. The molecular formula is C22H21ClN6O. The standard InChI is InChI=1S/C22H21ClN6O/c23-16-4-1-14(2-5-16)19-12-21(28-27-19)29-9-7-17(8-10-29)26-22(30)15-3-6-18-20(11-15)25-13-24-18/h1-6,11-13,17H,7-10H2,(H,24,25)(H,26,30)(H,27,28). The smallest absolute Gasteiger partial charge is 0.251 e. The van der Waals surface area contributed by atoms with Gasteiger partial charge in [0.1, 0.15) is 0 Å². The number of anilines is 1. The first-order chi connectivity index (χ1) is 14.7. The lowest BCUT2D eigenvalue weighted by atomic mass is 10.0. The number of piperidine rings is 1. The Morgan fingerprint density at radius 2 is 1.90 bits per heavy atom. The van der Waals surface area contributed by atoms with Crippen LogP contribution in [0, 0.1) is 0 Å². The number of hydrogen-bond acceptors (Lipinski definition) is 4. The second kappa shape index (κ2) is 7.84. The maximum Gasteiger partial charge on any atom is 0.251 e. The molecule has 3 heterocycles. The van der Waals surface area contributed by atoms with Crippen molar-refractivity contribution in [1.82, 2.24) is 25.5 Å². The van der Waals surface area contributed by atoms with Crippen LogP contribution in [-0.4, -0.2) is 45.2 Å². The topological polar surface area (TPSA) is 89.7 Å². The largest absolute Gasteiger partial charge is 0.355 e. The van der Waals surface area contributed by atoms with E-state index in [-0.39, 0.29) is 11.9 Å². The minimum absolute atomic E-state index is 0.0465. The molecule has 1 aliphatic rings. The number of amides is 1. The first kappa shape index (κ1) is 18.7. The lowest BCUT2D eigenvalue weighted by Crippen LogP contribution is -2.44. The molecule has 30 heavy (non-hydrogen) atoms. The third-order valence-electron chi connectivity index (χ3n) is 5.56. The van der Waals surface area contributed by atoms with Gasteiger partial charge in [-0.25, -0.2) is 4.98 Å². The van der Waals surface area contributed by atoms with Crippen LogP contribution in [0.1, 0.15) is 23.2 Å².